The largest absolute Gasteiger partial charge is 0.341 e. The maximum Gasteiger partial charge on any atom is 0.253 e. The van der Waals surface area contributed by atoms with Crippen molar-refractivity contribution in [2.75, 3.05) is 13.6 Å². The Bertz CT molecular complexity index is 612. The molecule has 0 spiro atoms. The van der Waals surface area contributed by atoms with Gasteiger partial charge in [0.25, 0.3) is 5.91 Å². The second-order valence-electron chi connectivity index (χ2n) is 6.66. The third kappa shape index (κ3) is 4.17. The van der Waals surface area contributed by atoms with E-state index < -0.39 is 0 Å². The first-order chi connectivity index (χ1) is 10.4. The number of nitrogens with zero attached hydrogens (tertiary/aromatic N) is 2. The van der Waals surface area contributed by atoms with E-state index >= 15 is 0 Å². The molecular formula is C19H24N2O. The smallest absolute Gasteiger partial charge is 0.253 e. The lowest BCUT2D eigenvalue weighted by Crippen LogP contribution is -2.28. The van der Waals surface area contributed by atoms with Gasteiger partial charge < -0.3 is 4.90 Å². The Balaban J connectivity index is 1.98. The minimum absolute atomic E-state index is 0.0644. The van der Waals surface area contributed by atoms with E-state index in [1.807, 2.05) is 43.4 Å². The molecule has 0 fully saturated rings. The van der Waals surface area contributed by atoms with Crippen LogP contribution in [0.2, 0.25) is 0 Å². The lowest BCUT2D eigenvalue weighted by Gasteiger charge is -2.20. The number of carbonyl (C=O) groups excluding carboxylic acids is 1. The average Bonchev–Trinajstić information content (AvgIpc) is 2.52. The normalized spacial score (nSPS) is 11.3. The molecule has 1 aromatic heterocycles. The molecule has 1 aromatic carbocycles. The van der Waals surface area contributed by atoms with Crippen molar-refractivity contribution in [3.8, 4) is 0 Å². The summed E-state index contributed by atoms with van der Waals surface area (Å²) in [5, 5.41) is 0. The Labute approximate surface area is 133 Å². The Morgan fingerprint density at radius 2 is 1.64 bits per heavy atom. The molecule has 0 aliphatic rings. The number of amides is 1. The number of rotatable bonds is 4. The van der Waals surface area contributed by atoms with Crippen LogP contribution in [-0.4, -0.2) is 29.4 Å². The average molecular weight is 296 g/mol. The molecule has 2 rings (SSSR count). The fourth-order valence-corrected chi connectivity index (χ4v) is 2.28. The monoisotopic (exact) mass is 296 g/mol. The number of aromatic nitrogens is 1. The summed E-state index contributed by atoms with van der Waals surface area (Å²) in [6.07, 6.45) is 4.40. The zero-order valence-corrected chi connectivity index (χ0v) is 13.8. The maximum atomic E-state index is 12.4. The van der Waals surface area contributed by atoms with Crippen molar-refractivity contribution in [2.45, 2.75) is 32.6 Å². The van der Waals surface area contributed by atoms with Crippen LogP contribution in [0.25, 0.3) is 0 Å². The van der Waals surface area contributed by atoms with Crippen molar-refractivity contribution in [3.05, 3.63) is 65.5 Å². The summed E-state index contributed by atoms with van der Waals surface area (Å²) in [6.45, 7) is 7.21. The van der Waals surface area contributed by atoms with Crippen LogP contribution in [0.15, 0.2) is 48.8 Å². The quantitative estimate of drug-likeness (QED) is 0.862. The molecule has 0 saturated carbocycles. The highest BCUT2D eigenvalue weighted by atomic mass is 16.2. The summed E-state index contributed by atoms with van der Waals surface area (Å²) in [6, 6.07) is 11.9. The van der Waals surface area contributed by atoms with E-state index in [0.29, 0.717) is 6.54 Å². The van der Waals surface area contributed by atoms with Crippen LogP contribution < -0.4 is 0 Å². The van der Waals surface area contributed by atoms with E-state index in [1.54, 1.807) is 17.3 Å². The highest BCUT2D eigenvalue weighted by molar-refractivity contribution is 5.94. The van der Waals surface area contributed by atoms with E-state index in [4.69, 9.17) is 0 Å². The second-order valence-corrected chi connectivity index (χ2v) is 6.66. The Morgan fingerprint density at radius 1 is 1.05 bits per heavy atom. The van der Waals surface area contributed by atoms with Gasteiger partial charge in [-0.25, -0.2) is 0 Å². The first-order valence-electron chi connectivity index (χ1n) is 7.63. The summed E-state index contributed by atoms with van der Waals surface area (Å²) < 4.78 is 0. The van der Waals surface area contributed by atoms with Crippen LogP contribution in [0.1, 0.15) is 42.3 Å². The van der Waals surface area contributed by atoms with Gasteiger partial charge in [0, 0.05) is 31.5 Å². The first-order valence-corrected chi connectivity index (χ1v) is 7.63. The summed E-state index contributed by atoms with van der Waals surface area (Å²) in [7, 11) is 1.85. The molecule has 22 heavy (non-hydrogen) atoms. The van der Waals surface area contributed by atoms with E-state index in [0.717, 1.165) is 12.0 Å². The lowest BCUT2D eigenvalue weighted by atomic mass is 9.86. The maximum absolute atomic E-state index is 12.4. The third-order valence-electron chi connectivity index (χ3n) is 3.83. The molecule has 0 N–H and O–H groups in total. The molecule has 0 saturated heterocycles. The van der Waals surface area contributed by atoms with Gasteiger partial charge in [0.15, 0.2) is 0 Å². The highest BCUT2D eigenvalue weighted by Crippen LogP contribution is 2.22. The lowest BCUT2D eigenvalue weighted by molar-refractivity contribution is 0.0796. The molecule has 1 amide bonds. The molecule has 0 radical (unpaired) electrons. The van der Waals surface area contributed by atoms with Crippen LogP contribution in [0.4, 0.5) is 0 Å². The van der Waals surface area contributed by atoms with E-state index in [-0.39, 0.29) is 11.3 Å². The van der Waals surface area contributed by atoms with Crippen molar-refractivity contribution in [1.82, 2.24) is 9.88 Å². The van der Waals surface area contributed by atoms with Gasteiger partial charge in [-0.2, -0.15) is 0 Å². The number of hydrogen-bond donors (Lipinski definition) is 0. The zero-order chi connectivity index (χ0) is 16.2. The van der Waals surface area contributed by atoms with Crippen molar-refractivity contribution >= 4 is 5.91 Å². The van der Waals surface area contributed by atoms with Gasteiger partial charge in [0.05, 0.1) is 0 Å². The number of carbonyl (C=O) groups is 1. The summed E-state index contributed by atoms with van der Waals surface area (Å²) in [5.41, 5.74) is 3.28. The zero-order valence-electron chi connectivity index (χ0n) is 13.8. The van der Waals surface area contributed by atoms with Gasteiger partial charge in [-0.3, -0.25) is 9.78 Å². The van der Waals surface area contributed by atoms with Gasteiger partial charge in [-0.1, -0.05) is 32.9 Å². The van der Waals surface area contributed by atoms with E-state index in [9.17, 15) is 4.79 Å². The van der Waals surface area contributed by atoms with E-state index in [2.05, 4.69) is 25.8 Å². The number of hydrogen-bond acceptors (Lipinski definition) is 2. The Morgan fingerprint density at radius 3 is 2.18 bits per heavy atom. The van der Waals surface area contributed by atoms with Crippen molar-refractivity contribution in [3.63, 3.8) is 0 Å². The van der Waals surface area contributed by atoms with Crippen LogP contribution >= 0.6 is 0 Å². The van der Waals surface area contributed by atoms with Gasteiger partial charge in [0.1, 0.15) is 0 Å². The molecule has 3 heteroatoms. The van der Waals surface area contributed by atoms with Crippen molar-refractivity contribution in [2.24, 2.45) is 0 Å². The molecule has 3 nitrogen and oxygen atoms in total. The Kier molecular flexibility index (Phi) is 4.96. The molecule has 0 bridgehead atoms. The van der Waals surface area contributed by atoms with E-state index in [1.165, 1.54) is 11.1 Å². The fraction of sp³-hybridized carbons (Fsp3) is 0.368. The highest BCUT2D eigenvalue weighted by Gasteiger charge is 2.15. The topological polar surface area (TPSA) is 33.2 Å². The third-order valence-corrected chi connectivity index (χ3v) is 3.83. The van der Waals surface area contributed by atoms with Crippen molar-refractivity contribution in [1.29, 1.82) is 0 Å². The van der Waals surface area contributed by atoms with Crippen LogP contribution in [0, 0.1) is 0 Å². The molecule has 0 atom stereocenters. The standard InChI is InChI=1S/C19H24N2O/c1-19(2,3)17-7-5-16(6-8-17)18(22)21(4)14-11-15-9-12-20-13-10-15/h5-10,12-13H,11,14H2,1-4H3. The van der Waals surface area contributed by atoms with Gasteiger partial charge in [-0.15, -0.1) is 0 Å². The Hall–Kier alpha value is -2.16. The summed E-state index contributed by atoms with van der Waals surface area (Å²) >= 11 is 0. The van der Waals surface area contributed by atoms with Gasteiger partial charge in [0.2, 0.25) is 0 Å². The summed E-state index contributed by atoms with van der Waals surface area (Å²) in [4.78, 5) is 18.2. The number of likely N-dealkylation sites (N-methyl/N-ethyl adjacent to an activating group) is 1. The number of benzene rings is 1. The molecule has 0 aliphatic carbocycles. The van der Waals surface area contributed by atoms with Gasteiger partial charge in [-0.05, 0) is 47.2 Å². The molecular weight excluding hydrogens is 272 g/mol. The van der Waals surface area contributed by atoms with Gasteiger partial charge >= 0.3 is 0 Å². The number of pyridine rings is 1. The summed E-state index contributed by atoms with van der Waals surface area (Å²) in [5.74, 6) is 0.0644. The van der Waals surface area contributed by atoms with Crippen LogP contribution in [-0.2, 0) is 11.8 Å². The van der Waals surface area contributed by atoms with Crippen molar-refractivity contribution < 1.29 is 4.79 Å². The predicted molar refractivity (Wildman–Crippen MR) is 90.0 cm³/mol. The first kappa shape index (κ1) is 16.2. The molecule has 0 aliphatic heterocycles. The fourth-order valence-electron chi connectivity index (χ4n) is 2.28. The molecule has 116 valence electrons. The second kappa shape index (κ2) is 6.73. The predicted octanol–water partition coefficient (Wildman–Crippen LogP) is 3.69. The molecule has 1 heterocycles. The van der Waals surface area contributed by atoms with Crippen LogP contribution in [0.5, 0.6) is 0 Å². The minimum Gasteiger partial charge on any atom is -0.341 e. The molecule has 2 aromatic rings. The minimum atomic E-state index is 0.0644. The molecule has 0 unspecified atom stereocenters. The SMILES string of the molecule is CN(CCc1ccncc1)C(=O)c1ccc(C(C)(C)C)cc1. The van der Waals surface area contributed by atoms with Crippen LogP contribution in [0.3, 0.4) is 0 Å².